The average Bonchev–Trinajstić information content (AvgIpc) is 2.43. The number of hydrogen-bond acceptors (Lipinski definition) is 3. The van der Waals surface area contributed by atoms with Crippen molar-refractivity contribution >= 4 is 40.5 Å². The van der Waals surface area contributed by atoms with Gasteiger partial charge in [-0.2, -0.15) is 0 Å². The van der Waals surface area contributed by atoms with Gasteiger partial charge in [0.25, 0.3) is 0 Å². The molecule has 0 saturated heterocycles. The summed E-state index contributed by atoms with van der Waals surface area (Å²) in [5, 5.41) is 5.91. The smallest absolute Gasteiger partial charge is 0.239 e. The first-order valence-corrected chi connectivity index (χ1v) is 6.95. The van der Waals surface area contributed by atoms with E-state index in [1.807, 2.05) is 0 Å². The quantitative estimate of drug-likeness (QED) is 0.615. The molecule has 0 saturated carbocycles. The first-order chi connectivity index (χ1) is 9.93. The van der Waals surface area contributed by atoms with Crippen LogP contribution in [0.1, 0.15) is 0 Å². The fraction of sp³-hybridized carbons (Fsp3) is 0.385. The predicted octanol–water partition coefficient (Wildman–Crippen LogP) is 1.87. The number of ether oxygens (including phenoxy) is 1. The molecule has 0 bridgehead atoms. The molecule has 0 fully saturated rings. The number of hydrogen-bond donors (Lipinski definition) is 2. The Morgan fingerprint density at radius 3 is 2.86 bits per heavy atom. The lowest BCUT2D eigenvalue weighted by Gasteiger charge is -2.20. The van der Waals surface area contributed by atoms with E-state index in [1.54, 1.807) is 19.1 Å². The topological polar surface area (TPSA) is 53.6 Å². The van der Waals surface area contributed by atoms with Crippen molar-refractivity contribution in [1.82, 2.24) is 10.2 Å². The number of nitrogens with zero attached hydrogens (tertiary/aromatic N) is 1. The van der Waals surface area contributed by atoms with Gasteiger partial charge in [-0.25, -0.2) is 4.39 Å². The summed E-state index contributed by atoms with van der Waals surface area (Å²) in [6.07, 6.45) is 0. The predicted molar refractivity (Wildman–Crippen MR) is 85.1 cm³/mol. The molecule has 1 aromatic carbocycles. The van der Waals surface area contributed by atoms with Crippen LogP contribution < -0.4 is 10.6 Å². The third-order valence-electron chi connectivity index (χ3n) is 2.53. The standard InChI is InChI=1S/C13H17ClFN3O2S/c1-18(8-12(19)16-5-6-20-2)13(21)17-9-3-4-11(15)10(14)7-9/h3-4,7H,5-6,8H2,1-2H3,(H,16,19)(H,17,21). The zero-order chi connectivity index (χ0) is 15.8. The first kappa shape index (κ1) is 17.6. The number of likely N-dealkylation sites (N-methyl/N-ethyl adjacent to an activating group) is 1. The van der Waals surface area contributed by atoms with Crippen molar-refractivity contribution in [2.75, 3.05) is 39.2 Å². The minimum Gasteiger partial charge on any atom is -0.383 e. The molecule has 1 rings (SSSR count). The fourth-order valence-electron chi connectivity index (χ4n) is 1.43. The summed E-state index contributed by atoms with van der Waals surface area (Å²) >= 11 is 10.8. The van der Waals surface area contributed by atoms with Crippen LogP contribution in [0, 0.1) is 5.82 Å². The molecule has 1 aromatic rings. The van der Waals surface area contributed by atoms with E-state index in [9.17, 15) is 9.18 Å². The SMILES string of the molecule is COCCNC(=O)CN(C)C(=S)Nc1ccc(F)c(Cl)c1. The Labute approximate surface area is 133 Å². The van der Waals surface area contributed by atoms with Gasteiger partial charge in [-0.15, -0.1) is 0 Å². The van der Waals surface area contributed by atoms with Gasteiger partial charge in [-0.3, -0.25) is 4.79 Å². The van der Waals surface area contributed by atoms with Gasteiger partial charge in [-0.1, -0.05) is 11.6 Å². The number of benzene rings is 1. The molecule has 0 atom stereocenters. The number of carbonyl (C=O) groups excluding carboxylic acids is 1. The van der Waals surface area contributed by atoms with Crippen molar-refractivity contribution in [2.45, 2.75) is 0 Å². The zero-order valence-corrected chi connectivity index (χ0v) is 13.4. The van der Waals surface area contributed by atoms with E-state index >= 15 is 0 Å². The van der Waals surface area contributed by atoms with E-state index in [2.05, 4.69) is 10.6 Å². The van der Waals surface area contributed by atoms with E-state index in [1.165, 1.54) is 18.2 Å². The van der Waals surface area contributed by atoms with Crippen LogP contribution in [-0.2, 0) is 9.53 Å². The van der Waals surface area contributed by atoms with Crippen LogP contribution in [0.15, 0.2) is 18.2 Å². The lowest BCUT2D eigenvalue weighted by Crippen LogP contribution is -2.41. The van der Waals surface area contributed by atoms with Crippen molar-refractivity contribution in [1.29, 1.82) is 0 Å². The number of thiocarbonyl (C=S) groups is 1. The van der Waals surface area contributed by atoms with E-state index in [4.69, 9.17) is 28.6 Å². The molecule has 0 aromatic heterocycles. The molecule has 0 spiro atoms. The van der Waals surface area contributed by atoms with Gasteiger partial charge in [0.1, 0.15) is 5.82 Å². The average molecular weight is 334 g/mol. The number of nitrogens with one attached hydrogen (secondary N) is 2. The maximum atomic E-state index is 13.0. The molecule has 5 nitrogen and oxygen atoms in total. The first-order valence-electron chi connectivity index (χ1n) is 6.17. The number of rotatable bonds is 6. The maximum absolute atomic E-state index is 13.0. The Morgan fingerprint density at radius 1 is 1.52 bits per heavy atom. The van der Waals surface area contributed by atoms with Gasteiger partial charge >= 0.3 is 0 Å². The van der Waals surface area contributed by atoms with Crippen molar-refractivity contribution in [3.05, 3.63) is 29.0 Å². The van der Waals surface area contributed by atoms with Crippen molar-refractivity contribution in [3.8, 4) is 0 Å². The third-order valence-corrected chi connectivity index (χ3v) is 3.23. The third kappa shape index (κ3) is 6.24. The highest BCUT2D eigenvalue weighted by atomic mass is 35.5. The molecule has 1 amide bonds. The van der Waals surface area contributed by atoms with Gasteiger partial charge < -0.3 is 20.3 Å². The van der Waals surface area contributed by atoms with Gasteiger partial charge in [0, 0.05) is 26.4 Å². The summed E-state index contributed by atoms with van der Waals surface area (Å²) in [7, 11) is 3.24. The highest BCUT2D eigenvalue weighted by molar-refractivity contribution is 7.80. The minimum atomic E-state index is -0.501. The minimum absolute atomic E-state index is 0.00256. The lowest BCUT2D eigenvalue weighted by molar-refractivity contribution is -0.121. The van der Waals surface area contributed by atoms with Crippen molar-refractivity contribution < 1.29 is 13.9 Å². The summed E-state index contributed by atoms with van der Waals surface area (Å²) in [4.78, 5) is 13.2. The fourth-order valence-corrected chi connectivity index (χ4v) is 1.79. The molecule has 21 heavy (non-hydrogen) atoms. The summed E-state index contributed by atoms with van der Waals surface area (Å²) < 4.78 is 17.9. The molecule has 0 aliphatic rings. The van der Waals surface area contributed by atoms with Crippen molar-refractivity contribution in [3.63, 3.8) is 0 Å². The van der Waals surface area contributed by atoms with Crippen LogP contribution >= 0.6 is 23.8 Å². The van der Waals surface area contributed by atoms with Crippen LogP contribution in [0.4, 0.5) is 10.1 Å². The molecule has 8 heteroatoms. The second kappa shape index (κ2) is 8.76. The molecule has 2 N–H and O–H groups in total. The molecule has 0 radical (unpaired) electrons. The normalized spacial score (nSPS) is 10.1. The molecular weight excluding hydrogens is 317 g/mol. The van der Waals surface area contributed by atoms with E-state index < -0.39 is 5.82 Å². The Hall–Kier alpha value is -1.44. The summed E-state index contributed by atoms with van der Waals surface area (Å²) in [5.74, 6) is -0.671. The molecule has 0 aliphatic carbocycles. The number of anilines is 1. The van der Waals surface area contributed by atoms with E-state index in [-0.39, 0.29) is 17.5 Å². The lowest BCUT2D eigenvalue weighted by atomic mass is 10.3. The van der Waals surface area contributed by atoms with Gasteiger partial charge in [-0.05, 0) is 30.4 Å². The summed E-state index contributed by atoms with van der Waals surface area (Å²) in [6, 6.07) is 4.18. The Morgan fingerprint density at radius 2 is 2.24 bits per heavy atom. The maximum Gasteiger partial charge on any atom is 0.239 e. The Kier molecular flexibility index (Phi) is 7.35. The number of amides is 1. The van der Waals surface area contributed by atoms with Gasteiger partial charge in [0.05, 0.1) is 18.2 Å². The van der Waals surface area contributed by atoms with Crippen molar-refractivity contribution in [2.24, 2.45) is 0 Å². The summed E-state index contributed by atoms with van der Waals surface area (Å²) in [5.41, 5.74) is 0.554. The highest BCUT2D eigenvalue weighted by Crippen LogP contribution is 2.19. The van der Waals surface area contributed by atoms with E-state index in [0.717, 1.165) is 0 Å². The molecule has 0 unspecified atom stereocenters. The Bertz CT molecular complexity index is 516. The largest absolute Gasteiger partial charge is 0.383 e. The number of methoxy groups -OCH3 is 1. The highest BCUT2D eigenvalue weighted by Gasteiger charge is 2.10. The Balaban J connectivity index is 2.46. The van der Waals surface area contributed by atoms with Crippen LogP contribution in [0.3, 0.4) is 0 Å². The molecule has 116 valence electrons. The molecule has 0 aliphatic heterocycles. The zero-order valence-electron chi connectivity index (χ0n) is 11.8. The van der Waals surface area contributed by atoms with Gasteiger partial charge in [0.15, 0.2) is 5.11 Å². The van der Waals surface area contributed by atoms with Gasteiger partial charge in [0.2, 0.25) is 5.91 Å². The number of halogens is 2. The van der Waals surface area contributed by atoms with Crippen LogP contribution in [-0.4, -0.2) is 49.8 Å². The van der Waals surface area contributed by atoms with E-state index in [0.29, 0.717) is 24.0 Å². The monoisotopic (exact) mass is 333 g/mol. The number of carbonyl (C=O) groups is 1. The second-order valence-electron chi connectivity index (χ2n) is 4.26. The summed E-state index contributed by atoms with van der Waals surface area (Å²) in [6.45, 7) is 0.994. The molecule has 0 heterocycles. The molecular formula is C13H17ClFN3O2S. The van der Waals surface area contributed by atoms with Crippen LogP contribution in [0.25, 0.3) is 0 Å². The second-order valence-corrected chi connectivity index (χ2v) is 5.05. The van der Waals surface area contributed by atoms with Crippen LogP contribution in [0.2, 0.25) is 5.02 Å². The van der Waals surface area contributed by atoms with Crippen LogP contribution in [0.5, 0.6) is 0 Å².